The summed E-state index contributed by atoms with van der Waals surface area (Å²) in [5, 5.41) is 5.58. The van der Waals surface area contributed by atoms with Crippen molar-refractivity contribution in [3.8, 4) is 23.1 Å². The summed E-state index contributed by atoms with van der Waals surface area (Å²) >= 11 is 0. The van der Waals surface area contributed by atoms with E-state index in [1.54, 1.807) is 0 Å². The first-order valence-electron chi connectivity index (χ1n) is 21.9. The number of hydrogen-bond acceptors (Lipinski definition) is 8. The second-order valence-corrected chi connectivity index (χ2v) is 18.4. The van der Waals surface area contributed by atoms with E-state index in [0.29, 0.717) is 13.1 Å². The van der Waals surface area contributed by atoms with Crippen LogP contribution in [0.3, 0.4) is 0 Å². The standard InChI is InChI=1S/C49H54N8O6/c1-29(2)40(54-46(60)62-4)44(58)56-27-48(19-20-48)24-38(56)42-50-26-37(53-42)34-16-13-31(14-17-34)11-12-32-15-18-35-36(23-32)52-43(51-35)39-25-49(21-22-49)28-57(39)45(59)41(55-47(61)63-5)30(3)33-9-7-6-8-10-33/h6-10,13-18,23,26,29-30,38-41H,19-22,24-25,27-28H2,1-5H3,(H,50,53)(H,51,52)(H,54,60)(H,55,61)/t30-,38+,39+,40+,41-/m1/s1. The number of aromatic amines is 2. The van der Waals surface area contributed by atoms with Crippen LogP contribution in [0.1, 0.15) is 106 Å². The van der Waals surface area contributed by atoms with Crippen molar-refractivity contribution in [2.24, 2.45) is 16.7 Å². The van der Waals surface area contributed by atoms with Gasteiger partial charge in [0, 0.05) is 30.1 Å². The van der Waals surface area contributed by atoms with Crippen LogP contribution in [0.4, 0.5) is 9.59 Å². The van der Waals surface area contributed by atoms with Gasteiger partial charge in [-0.1, -0.05) is 75.1 Å². The van der Waals surface area contributed by atoms with Gasteiger partial charge in [-0.3, -0.25) is 9.59 Å². The number of methoxy groups -OCH3 is 2. The van der Waals surface area contributed by atoms with Gasteiger partial charge in [0.1, 0.15) is 23.7 Å². The number of rotatable bonds is 10. The number of aromatic nitrogens is 4. The van der Waals surface area contributed by atoms with Gasteiger partial charge in [-0.2, -0.15) is 0 Å². The molecule has 63 heavy (non-hydrogen) atoms. The minimum absolute atomic E-state index is 0.0665. The van der Waals surface area contributed by atoms with E-state index in [2.05, 4.69) is 32.4 Å². The molecule has 2 saturated carbocycles. The molecule has 2 saturated heterocycles. The number of amides is 4. The molecule has 0 unspecified atom stereocenters. The van der Waals surface area contributed by atoms with E-state index in [9.17, 15) is 19.2 Å². The van der Waals surface area contributed by atoms with Gasteiger partial charge in [0.2, 0.25) is 11.8 Å². The lowest BCUT2D eigenvalue weighted by Crippen LogP contribution is -2.51. The van der Waals surface area contributed by atoms with Crippen molar-refractivity contribution in [3.05, 3.63) is 107 Å². The van der Waals surface area contributed by atoms with Crippen molar-refractivity contribution < 1.29 is 28.7 Å². The molecule has 3 aromatic carbocycles. The molecule has 0 bridgehead atoms. The number of fused-ring (bicyclic) bond motifs is 1. The van der Waals surface area contributed by atoms with Crippen LogP contribution in [0.5, 0.6) is 0 Å². The molecule has 0 radical (unpaired) electrons. The predicted octanol–water partition coefficient (Wildman–Crippen LogP) is 7.37. The molecule has 2 aliphatic carbocycles. The molecule has 326 valence electrons. The first-order valence-corrected chi connectivity index (χ1v) is 21.9. The number of imidazole rings is 2. The second kappa shape index (κ2) is 16.6. The molecule has 4 N–H and O–H groups in total. The maximum atomic E-state index is 14.5. The van der Waals surface area contributed by atoms with Crippen LogP contribution >= 0.6 is 0 Å². The maximum absolute atomic E-state index is 14.5. The van der Waals surface area contributed by atoms with Crippen LogP contribution in [-0.4, -0.2) is 93.1 Å². The van der Waals surface area contributed by atoms with Gasteiger partial charge in [-0.15, -0.1) is 0 Å². The monoisotopic (exact) mass is 850 g/mol. The Kier molecular flexibility index (Phi) is 11.0. The van der Waals surface area contributed by atoms with Gasteiger partial charge in [-0.05, 0) is 96.7 Å². The zero-order valence-corrected chi connectivity index (χ0v) is 36.4. The molecule has 4 amide bonds. The molecule has 4 aliphatic rings. The number of hydrogen-bond donors (Lipinski definition) is 4. The quantitative estimate of drug-likeness (QED) is 0.105. The highest BCUT2D eigenvalue weighted by Gasteiger charge is 2.56. The molecule has 4 heterocycles. The van der Waals surface area contributed by atoms with E-state index in [0.717, 1.165) is 89.2 Å². The summed E-state index contributed by atoms with van der Waals surface area (Å²) in [4.78, 5) is 73.5. The first-order chi connectivity index (χ1) is 30.4. The molecule has 2 aliphatic heterocycles. The van der Waals surface area contributed by atoms with Crippen LogP contribution < -0.4 is 10.6 Å². The number of ether oxygens (including phenoxy) is 2. The van der Waals surface area contributed by atoms with E-state index < -0.39 is 24.3 Å². The van der Waals surface area contributed by atoms with E-state index in [1.807, 2.05) is 110 Å². The Morgan fingerprint density at radius 1 is 0.730 bits per heavy atom. The highest BCUT2D eigenvalue weighted by molar-refractivity contribution is 5.88. The number of likely N-dealkylation sites (tertiary alicyclic amines) is 2. The average Bonchev–Trinajstić information content (AvgIpc) is 3.91. The zero-order valence-electron chi connectivity index (χ0n) is 36.4. The number of benzene rings is 3. The largest absolute Gasteiger partial charge is 0.453 e. The van der Waals surface area contributed by atoms with Gasteiger partial charge < -0.3 is 39.9 Å². The summed E-state index contributed by atoms with van der Waals surface area (Å²) in [5.41, 5.74) is 6.22. The minimum Gasteiger partial charge on any atom is -0.453 e. The van der Waals surface area contributed by atoms with Crippen molar-refractivity contribution >= 4 is 35.0 Å². The van der Waals surface area contributed by atoms with Gasteiger partial charge in [0.25, 0.3) is 0 Å². The average molecular weight is 851 g/mol. The van der Waals surface area contributed by atoms with Crippen LogP contribution in [0.2, 0.25) is 0 Å². The number of nitrogens with zero attached hydrogens (tertiary/aromatic N) is 4. The summed E-state index contributed by atoms with van der Waals surface area (Å²) in [5.74, 6) is 7.39. The van der Waals surface area contributed by atoms with Crippen LogP contribution in [0.15, 0.2) is 79.0 Å². The maximum Gasteiger partial charge on any atom is 0.407 e. The summed E-state index contributed by atoms with van der Waals surface area (Å²) in [6.07, 6.45) is 6.45. The lowest BCUT2D eigenvalue weighted by Gasteiger charge is -2.31. The van der Waals surface area contributed by atoms with Crippen molar-refractivity contribution in [3.63, 3.8) is 0 Å². The Labute approximate surface area is 366 Å². The number of alkyl carbamates (subject to hydrolysis) is 2. The lowest BCUT2D eigenvalue weighted by atomic mass is 9.92. The van der Waals surface area contributed by atoms with Crippen molar-refractivity contribution in [1.29, 1.82) is 0 Å². The Morgan fingerprint density at radius 3 is 1.90 bits per heavy atom. The molecule has 5 aromatic rings. The molecular formula is C49H54N8O6. The van der Waals surface area contributed by atoms with Gasteiger partial charge in [-0.25, -0.2) is 19.6 Å². The SMILES string of the molecule is COC(=O)N[C@H](C(=O)N1CC2(CC2)C[C@H]1c1ncc(-c2ccc(C#Cc3ccc4nc([C@@H]5CC6(CC6)CN5C(=O)[C@H](NC(=O)OC)[C@H](C)c5ccccc5)[nH]c4c3)cc2)[nH]1)C(C)C. The third-order valence-electron chi connectivity index (χ3n) is 13.7. The molecule has 9 rings (SSSR count). The molecular weight excluding hydrogens is 797 g/mol. The molecule has 14 heteroatoms. The summed E-state index contributed by atoms with van der Waals surface area (Å²) < 4.78 is 9.76. The summed E-state index contributed by atoms with van der Waals surface area (Å²) in [6.45, 7) is 7.05. The van der Waals surface area contributed by atoms with E-state index in [4.69, 9.17) is 19.4 Å². The number of carbonyl (C=O) groups is 4. The molecule has 4 fully saturated rings. The number of nitrogens with one attached hydrogen (secondary N) is 4. The normalized spacial score (nSPS) is 20.5. The Balaban J connectivity index is 0.895. The topological polar surface area (TPSA) is 175 Å². The number of carbonyl (C=O) groups excluding carboxylic acids is 4. The highest BCUT2D eigenvalue weighted by atomic mass is 16.5. The Bertz CT molecular complexity index is 2600. The minimum atomic E-state index is -0.814. The Morgan fingerprint density at radius 2 is 1.30 bits per heavy atom. The summed E-state index contributed by atoms with van der Waals surface area (Å²) in [7, 11) is 2.61. The zero-order chi connectivity index (χ0) is 44.0. The van der Waals surface area contributed by atoms with Gasteiger partial charge in [0.05, 0.1) is 49.2 Å². The van der Waals surface area contributed by atoms with Gasteiger partial charge >= 0.3 is 12.2 Å². The molecule has 14 nitrogen and oxygen atoms in total. The summed E-state index contributed by atoms with van der Waals surface area (Å²) in [6, 6.07) is 21.6. The fourth-order valence-corrected chi connectivity index (χ4v) is 9.53. The van der Waals surface area contributed by atoms with Crippen molar-refractivity contribution in [1.82, 2.24) is 40.4 Å². The second-order valence-electron chi connectivity index (χ2n) is 18.4. The van der Waals surface area contributed by atoms with Gasteiger partial charge in [0.15, 0.2) is 0 Å². The fourth-order valence-electron chi connectivity index (χ4n) is 9.53. The third kappa shape index (κ3) is 8.48. The van der Waals surface area contributed by atoms with E-state index in [-0.39, 0.29) is 46.6 Å². The smallest absolute Gasteiger partial charge is 0.407 e. The van der Waals surface area contributed by atoms with Crippen LogP contribution in [-0.2, 0) is 19.1 Å². The lowest BCUT2D eigenvalue weighted by molar-refractivity contribution is -0.136. The third-order valence-corrected chi connectivity index (χ3v) is 13.7. The van der Waals surface area contributed by atoms with Crippen molar-refractivity contribution in [2.75, 3.05) is 27.3 Å². The molecule has 2 aromatic heterocycles. The predicted molar refractivity (Wildman–Crippen MR) is 236 cm³/mol. The van der Waals surface area contributed by atoms with Crippen LogP contribution in [0.25, 0.3) is 22.3 Å². The van der Waals surface area contributed by atoms with Crippen LogP contribution in [0, 0.1) is 28.6 Å². The van der Waals surface area contributed by atoms with E-state index in [1.165, 1.54) is 14.2 Å². The fraction of sp³-hybridized carbons (Fsp3) is 0.429. The molecule has 5 atom stereocenters. The molecule has 2 spiro atoms. The number of H-pyrrole nitrogens is 2. The highest BCUT2D eigenvalue weighted by Crippen LogP contribution is 2.59. The van der Waals surface area contributed by atoms with Crippen molar-refractivity contribution in [2.45, 2.75) is 89.4 Å². The Hall–Kier alpha value is -6.62. The van der Waals surface area contributed by atoms with E-state index >= 15 is 0 Å². The first kappa shape index (κ1) is 41.7.